The molecule has 0 atom stereocenters. The first-order valence-electron chi connectivity index (χ1n) is 2.86. The van der Waals surface area contributed by atoms with Gasteiger partial charge in [-0.25, -0.2) is 4.79 Å². The van der Waals surface area contributed by atoms with E-state index < -0.39 is 5.91 Å². The summed E-state index contributed by atoms with van der Waals surface area (Å²) in [5.41, 5.74) is 1.37. The average molecular weight is 139 g/mol. The molecule has 54 valence electrons. The largest absolute Gasteiger partial charge is 0.283 e. The standard InChI is InChI=1S/C7H9NO2/c1-5(2)6(3)7(10)8-4-9/h1-3H3. The second-order valence-corrected chi connectivity index (χ2v) is 2.13. The second-order valence-electron chi connectivity index (χ2n) is 2.13. The summed E-state index contributed by atoms with van der Waals surface area (Å²) < 4.78 is 0. The van der Waals surface area contributed by atoms with Crippen molar-refractivity contribution < 1.29 is 9.59 Å². The van der Waals surface area contributed by atoms with Gasteiger partial charge in [0, 0.05) is 5.57 Å². The van der Waals surface area contributed by atoms with Crippen LogP contribution in [0.15, 0.2) is 16.1 Å². The zero-order valence-corrected chi connectivity index (χ0v) is 6.26. The molecule has 3 nitrogen and oxygen atoms in total. The average Bonchev–Trinajstić information content (AvgIpc) is 1.87. The van der Waals surface area contributed by atoms with E-state index in [0.717, 1.165) is 5.57 Å². The van der Waals surface area contributed by atoms with Crippen LogP contribution in [-0.4, -0.2) is 12.0 Å². The monoisotopic (exact) mass is 139 g/mol. The lowest BCUT2D eigenvalue weighted by Gasteiger charge is -1.93. The quantitative estimate of drug-likeness (QED) is 0.311. The van der Waals surface area contributed by atoms with Crippen molar-refractivity contribution in [2.45, 2.75) is 20.8 Å². The molecule has 3 heteroatoms. The first-order valence-corrected chi connectivity index (χ1v) is 2.86. The Bertz CT molecular complexity index is 218. The summed E-state index contributed by atoms with van der Waals surface area (Å²) in [7, 11) is 0. The predicted octanol–water partition coefficient (Wildman–Crippen LogP) is 1.21. The molecule has 0 aromatic carbocycles. The maximum Gasteiger partial charge on any atom is 0.283 e. The van der Waals surface area contributed by atoms with E-state index in [2.05, 4.69) is 4.99 Å². The minimum Gasteiger partial charge on any atom is -0.266 e. The Morgan fingerprint density at radius 2 is 1.80 bits per heavy atom. The molecule has 0 heterocycles. The molecule has 0 rings (SSSR count). The van der Waals surface area contributed by atoms with Gasteiger partial charge in [-0.2, -0.15) is 0 Å². The Morgan fingerprint density at radius 1 is 1.30 bits per heavy atom. The summed E-state index contributed by atoms with van der Waals surface area (Å²) in [4.78, 5) is 23.2. The lowest BCUT2D eigenvalue weighted by atomic mass is 10.2. The van der Waals surface area contributed by atoms with Crippen molar-refractivity contribution in [1.82, 2.24) is 0 Å². The van der Waals surface area contributed by atoms with Crippen molar-refractivity contribution in [2.24, 2.45) is 4.99 Å². The van der Waals surface area contributed by atoms with E-state index in [-0.39, 0.29) is 0 Å². The van der Waals surface area contributed by atoms with Crippen LogP contribution in [-0.2, 0) is 9.59 Å². The third kappa shape index (κ3) is 2.37. The first kappa shape index (κ1) is 8.79. The predicted molar refractivity (Wildman–Crippen MR) is 37.2 cm³/mol. The lowest BCUT2D eigenvalue weighted by Crippen LogP contribution is -1.95. The number of rotatable bonds is 1. The van der Waals surface area contributed by atoms with E-state index in [1.165, 1.54) is 6.08 Å². The highest BCUT2D eigenvalue weighted by Gasteiger charge is 2.01. The van der Waals surface area contributed by atoms with Crippen LogP contribution >= 0.6 is 0 Å². The summed E-state index contributed by atoms with van der Waals surface area (Å²) >= 11 is 0. The minimum absolute atomic E-state index is 0.503. The van der Waals surface area contributed by atoms with Gasteiger partial charge in [-0.15, -0.1) is 4.99 Å². The lowest BCUT2D eigenvalue weighted by molar-refractivity contribution is -0.114. The smallest absolute Gasteiger partial charge is 0.266 e. The molecule has 0 saturated heterocycles. The maximum atomic E-state index is 10.7. The SMILES string of the molecule is CC(C)=C(C)C(=O)N=C=O. The van der Waals surface area contributed by atoms with Crippen LogP contribution in [0.4, 0.5) is 0 Å². The number of carbonyl (C=O) groups excluding carboxylic acids is 2. The van der Waals surface area contributed by atoms with Gasteiger partial charge in [0.15, 0.2) is 0 Å². The van der Waals surface area contributed by atoms with E-state index >= 15 is 0 Å². The fourth-order valence-corrected chi connectivity index (χ4v) is 0.339. The summed E-state index contributed by atoms with van der Waals surface area (Å²) in [6.07, 6.45) is 1.19. The van der Waals surface area contributed by atoms with Gasteiger partial charge in [0.2, 0.25) is 6.08 Å². The Kier molecular flexibility index (Phi) is 3.29. The highest BCUT2D eigenvalue weighted by atomic mass is 16.2. The molecule has 0 saturated carbocycles. The molecule has 0 aromatic heterocycles. The van der Waals surface area contributed by atoms with Gasteiger partial charge in [-0.05, 0) is 20.8 Å². The summed E-state index contributed by atoms with van der Waals surface area (Å²) in [6.45, 7) is 5.19. The molecule has 0 aliphatic heterocycles. The van der Waals surface area contributed by atoms with Crippen LogP contribution in [0, 0.1) is 0 Å². The Labute approximate surface area is 59.5 Å². The zero-order valence-electron chi connectivity index (χ0n) is 6.26. The summed E-state index contributed by atoms with van der Waals surface area (Å²) in [6, 6.07) is 0. The third-order valence-electron chi connectivity index (χ3n) is 1.22. The van der Waals surface area contributed by atoms with E-state index in [1.54, 1.807) is 20.8 Å². The van der Waals surface area contributed by atoms with Crippen LogP contribution in [0.2, 0.25) is 0 Å². The molecule has 0 aromatic rings. The third-order valence-corrected chi connectivity index (χ3v) is 1.22. The van der Waals surface area contributed by atoms with Gasteiger partial charge < -0.3 is 0 Å². The van der Waals surface area contributed by atoms with Gasteiger partial charge in [0.05, 0.1) is 0 Å². The molecule has 0 fully saturated rings. The number of nitrogens with zero attached hydrogens (tertiary/aromatic N) is 1. The van der Waals surface area contributed by atoms with E-state index in [9.17, 15) is 9.59 Å². The van der Waals surface area contributed by atoms with Crippen LogP contribution in [0.3, 0.4) is 0 Å². The molecule has 1 amide bonds. The van der Waals surface area contributed by atoms with Crippen molar-refractivity contribution in [3.63, 3.8) is 0 Å². The van der Waals surface area contributed by atoms with E-state index in [4.69, 9.17) is 0 Å². The van der Waals surface area contributed by atoms with Crippen molar-refractivity contribution in [3.05, 3.63) is 11.1 Å². The second kappa shape index (κ2) is 3.75. The molecule has 0 N–H and O–H groups in total. The van der Waals surface area contributed by atoms with E-state index in [0.29, 0.717) is 5.57 Å². The van der Waals surface area contributed by atoms with Crippen LogP contribution < -0.4 is 0 Å². The fraction of sp³-hybridized carbons (Fsp3) is 0.429. The van der Waals surface area contributed by atoms with Crippen LogP contribution in [0.5, 0.6) is 0 Å². The van der Waals surface area contributed by atoms with Crippen molar-refractivity contribution in [3.8, 4) is 0 Å². The molecule has 10 heavy (non-hydrogen) atoms. The summed E-state index contributed by atoms with van der Waals surface area (Å²) in [5, 5.41) is 0. The van der Waals surface area contributed by atoms with Crippen LogP contribution in [0.25, 0.3) is 0 Å². The Morgan fingerprint density at radius 3 is 2.10 bits per heavy atom. The molecule has 0 bridgehead atoms. The number of hydrogen-bond acceptors (Lipinski definition) is 2. The molecule has 0 aliphatic carbocycles. The Balaban J connectivity index is 4.53. The van der Waals surface area contributed by atoms with Crippen LogP contribution in [0.1, 0.15) is 20.8 Å². The zero-order chi connectivity index (χ0) is 8.15. The van der Waals surface area contributed by atoms with Gasteiger partial charge in [0.1, 0.15) is 0 Å². The first-order chi connectivity index (χ1) is 4.59. The molecule has 0 aliphatic rings. The number of isocyanates is 1. The van der Waals surface area contributed by atoms with Gasteiger partial charge in [-0.1, -0.05) is 5.57 Å². The normalized spacial score (nSPS) is 7.90. The number of hydrogen-bond donors (Lipinski definition) is 0. The van der Waals surface area contributed by atoms with Crippen molar-refractivity contribution >= 4 is 12.0 Å². The van der Waals surface area contributed by atoms with Crippen molar-refractivity contribution in [1.29, 1.82) is 0 Å². The Hall–Kier alpha value is -1.21. The molecule has 0 radical (unpaired) electrons. The minimum atomic E-state index is -0.505. The maximum absolute atomic E-state index is 10.7. The number of aliphatic imine (C=N–C) groups is 1. The van der Waals surface area contributed by atoms with Crippen molar-refractivity contribution in [2.75, 3.05) is 0 Å². The number of allylic oxidation sites excluding steroid dienone is 1. The number of amides is 1. The van der Waals surface area contributed by atoms with Gasteiger partial charge >= 0.3 is 0 Å². The van der Waals surface area contributed by atoms with E-state index in [1.807, 2.05) is 0 Å². The molecular weight excluding hydrogens is 130 g/mol. The number of carbonyl (C=O) groups is 1. The molecule has 0 spiro atoms. The van der Waals surface area contributed by atoms with Gasteiger partial charge in [-0.3, -0.25) is 4.79 Å². The highest BCUT2D eigenvalue weighted by molar-refractivity contribution is 5.96. The fourth-order valence-electron chi connectivity index (χ4n) is 0.339. The topological polar surface area (TPSA) is 46.5 Å². The summed E-state index contributed by atoms with van der Waals surface area (Å²) in [5.74, 6) is -0.505. The highest BCUT2D eigenvalue weighted by Crippen LogP contribution is 2.02. The van der Waals surface area contributed by atoms with Gasteiger partial charge in [0.25, 0.3) is 5.91 Å². The molecular formula is C7H9NO2. The molecule has 0 unspecified atom stereocenters.